The van der Waals surface area contributed by atoms with Crippen LogP contribution in [0.5, 0.6) is 5.75 Å². The highest BCUT2D eigenvalue weighted by molar-refractivity contribution is 5.94. The van der Waals surface area contributed by atoms with E-state index in [-0.39, 0.29) is 12.0 Å². The van der Waals surface area contributed by atoms with Crippen molar-refractivity contribution in [3.8, 4) is 5.75 Å². The van der Waals surface area contributed by atoms with Crippen molar-refractivity contribution in [3.05, 3.63) is 64.7 Å². The fourth-order valence-electron chi connectivity index (χ4n) is 3.55. The third kappa shape index (κ3) is 6.72. The maximum atomic E-state index is 12.2. The smallest absolute Gasteiger partial charge is 0.253 e. The molecule has 7 heteroatoms. The molecule has 0 radical (unpaired) electrons. The van der Waals surface area contributed by atoms with Gasteiger partial charge in [-0.05, 0) is 42.7 Å². The zero-order chi connectivity index (χ0) is 22.9. The van der Waals surface area contributed by atoms with Gasteiger partial charge in [-0.1, -0.05) is 24.3 Å². The van der Waals surface area contributed by atoms with E-state index in [0.29, 0.717) is 25.3 Å². The summed E-state index contributed by atoms with van der Waals surface area (Å²) in [5, 5.41) is 6.71. The minimum Gasteiger partial charge on any atom is -0.488 e. The summed E-state index contributed by atoms with van der Waals surface area (Å²) in [6.07, 6.45) is 1.82. The van der Waals surface area contributed by atoms with Crippen LogP contribution in [0.1, 0.15) is 33.5 Å². The monoisotopic (exact) mass is 438 g/mol. The molecule has 1 fully saturated rings. The molecular weight excluding hydrogens is 404 g/mol. The van der Waals surface area contributed by atoms with Gasteiger partial charge in [0.1, 0.15) is 11.9 Å². The standard InChI is InChI=1S/C25H34N4O3/c1-18-8-9-21(23(14-18)32-22-11-13-31-17-22)16-28-25(26-2)27-12-10-19-6-5-7-20(15-19)24(30)29(3)4/h5-9,14-15,22H,10-13,16-17H2,1-4H3,(H2,26,27,28). The van der Waals surface area contributed by atoms with Gasteiger partial charge < -0.3 is 25.0 Å². The van der Waals surface area contributed by atoms with Crippen molar-refractivity contribution in [2.75, 3.05) is 40.9 Å². The fraction of sp³-hybridized carbons (Fsp3) is 0.440. The van der Waals surface area contributed by atoms with Crippen LogP contribution in [0.25, 0.3) is 0 Å². The summed E-state index contributed by atoms with van der Waals surface area (Å²) in [6, 6.07) is 14.0. The third-order valence-corrected chi connectivity index (χ3v) is 5.36. The van der Waals surface area contributed by atoms with Crippen LogP contribution in [0.3, 0.4) is 0 Å². The van der Waals surface area contributed by atoms with Gasteiger partial charge >= 0.3 is 0 Å². The number of carbonyl (C=O) groups excluding carboxylic acids is 1. The van der Waals surface area contributed by atoms with Crippen LogP contribution < -0.4 is 15.4 Å². The number of hydrogen-bond donors (Lipinski definition) is 2. The Balaban J connectivity index is 1.52. The van der Waals surface area contributed by atoms with E-state index in [2.05, 4.69) is 40.7 Å². The average Bonchev–Trinajstić information content (AvgIpc) is 3.30. The van der Waals surface area contributed by atoms with Gasteiger partial charge in [-0.3, -0.25) is 9.79 Å². The van der Waals surface area contributed by atoms with Crippen LogP contribution in [-0.4, -0.2) is 63.8 Å². The summed E-state index contributed by atoms with van der Waals surface area (Å²) in [6.45, 7) is 4.78. The lowest BCUT2D eigenvalue weighted by atomic mass is 10.1. The lowest BCUT2D eigenvalue weighted by Crippen LogP contribution is -2.38. The number of nitrogens with one attached hydrogen (secondary N) is 2. The number of aliphatic imine (C=N–C) groups is 1. The number of aryl methyl sites for hydroxylation is 1. The molecular formula is C25H34N4O3. The number of ether oxygens (including phenoxy) is 2. The van der Waals surface area contributed by atoms with Gasteiger partial charge in [-0.25, -0.2) is 0 Å². The molecule has 32 heavy (non-hydrogen) atoms. The second-order valence-corrected chi connectivity index (χ2v) is 8.22. The second kappa shape index (κ2) is 11.5. The van der Waals surface area contributed by atoms with Gasteiger partial charge in [0.15, 0.2) is 5.96 Å². The molecule has 0 aromatic heterocycles. The number of benzene rings is 2. The minimum absolute atomic E-state index is 0.0116. The van der Waals surface area contributed by atoms with Crippen LogP contribution in [0.4, 0.5) is 0 Å². The molecule has 172 valence electrons. The van der Waals surface area contributed by atoms with E-state index in [0.717, 1.165) is 42.3 Å². The average molecular weight is 439 g/mol. The Morgan fingerprint density at radius 2 is 2.06 bits per heavy atom. The Kier molecular flexibility index (Phi) is 8.50. The summed E-state index contributed by atoms with van der Waals surface area (Å²) in [5.74, 6) is 1.63. The summed E-state index contributed by atoms with van der Waals surface area (Å²) < 4.78 is 11.6. The predicted molar refractivity (Wildman–Crippen MR) is 127 cm³/mol. The molecule has 7 nitrogen and oxygen atoms in total. The molecule has 1 heterocycles. The van der Waals surface area contributed by atoms with E-state index in [1.54, 1.807) is 26.0 Å². The summed E-state index contributed by atoms with van der Waals surface area (Å²) >= 11 is 0. The molecule has 1 aliphatic heterocycles. The van der Waals surface area contributed by atoms with Gasteiger partial charge in [0.05, 0.1) is 13.2 Å². The van der Waals surface area contributed by atoms with Gasteiger partial charge in [-0.2, -0.15) is 0 Å². The molecule has 0 saturated carbocycles. The summed E-state index contributed by atoms with van der Waals surface area (Å²) in [7, 11) is 5.28. The third-order valence-electron chi connectivity index (χ3n) is 5.36. The van der Waals surface area contributed by atoms with Crippen molar-refractivity contribution >= 4 is 11.9 Å². The zero-order valence-electron chi connectivity index (χ0n) is 19.5. The highest BCUT2D eigenvalue weighted by atomic mass is 16.5. The van der Waals surface area contributed by atoms with Gasteiger partial charge in [-0.15, -0.1) is 0 Å². The zero-order valence-corrected chi connectivity index (χ0v) is 19.5. The fourth-order valence-corrected chi connectivity index (χ4v) is 3.55. The molecule has 2 N–H and O–H groups in total. The number of amides is 1. The van der Waals surface area contributed by atoms with E-state index in [1.165, 1.54) is 5.56 Å². The van der Waals surface area contributed by atoms with Crippen molar-refractivity contribution in [1.29, 1.82) is 0 Å². The van der Waals surface area contributed by atoms with Gasteiger partial charge in [0, 0.05) is 51.8 Å². The first kappa shape index (κ1) is 23.6. The van der Waals surface area contributed by atoms with Crippen molar-refractivity contribution in [2.45, 2.75) is 32.4 Å². The molecule has 0 aliphatic carbocycles. The highest BCUT2D eigenvalue weighted by Crippen LogP contribution is 2.23. The largest absolute Gasteiger partial charge is 0.488 e. The first-order valence-corrected chi connectivity index (χ1v) is 11.1. The summed E-state index contributed by atoms with van der Waals surface area (Å²) in [4.78, 5) is 18.1. The molecule has 0 bridgehead atoms. The lowest BCUT2D eigenvalue weighted by molar-refractivity contribution is 0.0827. The van der Waals surface area contributed by atoms with Crippen LogP contribution in [0.2, 0.25) is 0 Å². The normalized spacial score (nSPS) is 16.0. The van der Waals surface area contributed by atoms with E-state index in [9.17, 15) is 4.79 Å². The van der Waals surface area contributed by atoms with Gasteiger partial charge in [0.2, 0.25) is 0 Å². The first-order chi connectivity index (χ1) is 15.5. The molecule has 1 atom stereocenters. The van der Waals surface area contributed by atoms with E-state index < -0.39 is 0 Å². The maximum absolute atomic E-state index is 12.2. The van der Waals surface area contributed by atoms with Crippen LogP contribution in [0.15, 0.2) is 47.5 Å². The topological polar surface area (TPSA) is 75.2 Å². The Hall–Kier alpha value is -3.06. The Labute approximate surface area is 190 Å². The molecule has 0 spiro atoms. The maximum Gasteiger partial charge on any atom is 0.253 e. The van der Waals surface area contributed by atoms with Gasteiger partial charge in [0.25, 0.3) is 5.91 Å². The van der Waals surface area contributed by atoms with Crippen molar-refractivity contribution in [1.82, 2.24) is 15.5 Å². The van der Waals surface area contributed by atoms with Crippen molar-refractivity contribution in [2.24, 2.45) is 4.99 Å². The number of carbonyl (C=O) groups is 1. The number of nitrogens with zero attached hydrogens (tertiary/aromatic N) is 2. The van der Waals surface area contributed by atoms with Crippen molar-refractivity contribution < 1.29 is 14.3 Å². The molecule has 1 aliphatic rings. The highest BCUT2D eigenvalue weighted by Gasteiger charge is 2.18. The Bertz CT molecular complexity index is 937. The predicted octanol–water partition coefficient (Wildman–Crippen LogP) is 2.77. The van der Waals surface area contributed by atoms with E-state index in [4.69, 9.17) is 9.47 Å². The number of rotatable bonds is 8. The molecule has 2 aromatic carbocycles. The van der Waals surface area contributed by atoms with Crippen LogP contribution in [-0.2, 0) is 17.7 Å². The second-order valence-electron chi connectivity index (χ2n) is 8.22. The SMILES string of the molecule is CN=C(NCCc1cccc(C(=O)N(C)C)c1)NCc1ccc(C)cc1OC1CCOC1. The molecule has 1 amide bonds. The van der Waals surface area contributed by atoms with E-state index in [1.807, 2.05) is 24.3 Å². The molecule has 1 unspecified atom stereocenters. The number of hydrogen-bond acceptors (Lipinski definition) is 4. The van der Waals surface area contributed by atoms with Crippen LogP contribution >= 0.6 is 0 Å². The lowest BCUT2D eigenvalue weighted by Gasteiger charge is -2.18. The van der Waals surface area contributed by atoms with Crippen LogP contribution in [0, 0.1) is 6.92 Å². The molecule has 2 aromatic rings. The first-order valence-electron chi connectivity index (χ1n) is 11.1. The number of guanidine groups is 1. The van der Waals surface area contributed by atoms with E-state index >= 15 is 0 Å². The molecule has 3 rings (SSSR count). The quantitative estimate of drug-likeness (QED) is 0.490. The Morgan fingerprint density at radius 3 is 2.78 bits per heavy atom. The molecule has 1 saturated heterocycles. The minimum atomic E-state index is 0.0116. The van der Waals surface area contributed by atoms with Crippen molar-refractivity contribution in [3.63, 3.8) is 0 Å². The summed E-state index contributed by atoms with van der Waals surface area (Å²) in [5.41, 5.74) is 4.06. The Morgan fingerprint density at radius 1 is 1.22 bits per heavy atom.